The highest BCUT2D eigenvalue weighted by Gasteiger charge is 2.23. The van der Waals surface area contributed by atoms with Crippen LogP contribution in [0.1, 0.15) is 26.5 Å². The van der Waals surface area contributed by atoms with Crippen LogP contribution in [0.25, 0.3) is 0 Å². The van der Waals surface area contributed by atoms with Gasteiger partial charge in [-0.15, -0.1) is 0 Å². The van der Waals surface area contributed by atoms with Crippen LogP contribution < -0.4 is 9.64 Å². The van der Waals surface area contributed by atoms with Gasteiger partial charge in [-0.2, -0.15) is 0 Å². The van der Waals surface area contributed by atoms with E-state index in [2.05, 4.69) is 4.98 Å². The van der Waals surface area contributed by atoms with Crippen molar-refractivity contribution in [3.8, 4) is 5.75 Å². The van der Waals surface area contributed by atoms with Crippen molar-refractivity contribution >= 4 is 11.9 Å². The number of hydrogen-bond donors (Lipinski definition) is 1. The van der Waals surface area contributed by atoms with Crippen LogP contribution >= 0.6 is 0 Å². The molecule has 0 spiro atoms. The maximum Gasteiger partial charge on any atom is 0.415 e. The van der Waals surface area contributed by atoms with E-state index in [4.69, 9.17) is 14.6 Å². The minimum Gasteiger partial charge on any atom is -0.493 e. The van der Waals surface area contributed by atoms with E-state index < -0.39 is 11.7 Å². The molecular formula is C14H22N2O4. The summed E-state index contributed by atoms with van der Waals surface area (Å²) in [6.07, 6.45) is -0.0939. The zero-order chi connectivity index (χ0) is 15.3. The summed E-state index contributed by atoms with van der Waals surface area (Å²) in [7, 11) is 3.08. The van der Waals surface area contributed by atoms with Gasteiger partial charge in [0.1, 0.15) is 5.60 Å². The van der Waals surface area contributed by atoms with Crippen molar-refractivity contribution in [1.29, 1.82) is 0 Å². The molecule has 0 saturated carbocycles. The van der Waals surface area contributed by atoms with Crippen LogP contribution in [0.3, 0.4) is 0 Å². The molecule has 0 atom stereocenters. The van der Waals surface area contributed by atoms with E-state index in [1.807, 2.05) is 0 Å². The Morgan fingerprint density at radius 2 is 2.05 bits per heavy atom. The van der Waals surface area contributed by atoms with Crippen LogP contribution in [0.2, 0.25) is 0 Å². The molecule has 1 aromatic heterocycles. The third kappa shape index (κ3) is 4.38. The average molecular weight is 282 g/mol. The van der Waals surface area contributed by atoms with Gasteiger partial charge in [0.25, 0.3) is 0 Å². The van der Waals surface area contributed by atoms with Crippen LogP contribution in [-0.4, -0.2) is 42.5 Å². The van der Waals surface area contributed by atoms with Crippen LogP contribution in [0.5, 0.6) is 5.75 Å². The first-order valence-electron chi connectivity index (χ1n) is 6.40. The van der Waals surface area contributed by atoms with Crippen LogP contribution in [-0.2, 0) is 11.2 Å². The lowest BCUT2D eigenvalue weighted by Crippen LogP contribution is -2.35. The van der Waals surface area contributed by atoms with Crippen molar-refractivity contribution in [2.24, 2.45) is 0 Å². The molecule has 6 nitrogen and oxygen atoms in total. The first-order chi connectivity index (χ1) is 9.28. The molecule has 112 valence electrons. The standard InChI is InChI=1S/C14H22N2O4/c1-14(2,3)20-13(18)16(4)12-11(19-5)7-6-10(15-12)8-9-17/h6-7,17H,8-9H2,1-5H3. The lowest BCUT2D eigenvalue weighted by atomic mass is 10.2. The molecule has 0 unspecified atom stereocenters. The summed E-state index contributed by atoms with van der Waals surface area (Å²) in [6.45, 7) is 5.39. The predicted molar refractivity (Wildman–Crippen MR) is 76.2 cm³/mol. The van der Waals surface area contributed by atoms with Crippen molar-refractivity contribution < 1.29 is 19.4 Å². The maximum atomic E-state index is 12.1. The molecule has 1 rings (SSSR count). The summed E-state index contributed by atoms with van der Waals surface area (Å²) in [5, 5.41) is 8.96. The molecule has 20 heavy (non-hydrogen) atoms. The zero-order valence-electron chi connectivity index (χ0n) is 12.6. The fourth-order valence-corrected chi connectivity index (χ4v) is 1.55. The van der Waals surface area contributed by atoms with Gasteiger partial charge in [0.05, 0.1) is 7.11 Å². The fraction of sp³-hybridized carbons (Fsp3) is 0.571. The second-order valence-electron chi connectivity index (χ2n) is 5.34. The van der Waals surface area contributed by atoms with Crippen LogP contribution in [0, 0.1) is 0 Å². The molecule has 0 saturated heterocycles. The monoisotopic (exact) mass is 282 g/mol. The molecule has 0 aliphatic rings. The highest BCUT2D eigenvalue weighted by Crippen LogP contribution is 2.26. The van der Waals surface area contributed by atoms with Crippen molar-refractivity contribution in [1.82, 2.24) is 4.98 Å². The smallest absolute Gasteiger partial charge is 0.415 e. The Morgan fingerprint density at radius 3 is 2.55 bits per heavy atom. The molecule has 1 amide bonds. The third-order valence-corrected chi connectivity index (χ3v) is 2.47. The average Bonchev–Trinajstić information content (AvgIpc) is 2.36. The molecule has 1 N–H and O–H groups in total. The van der Waals surface area contributed by atoms with E-state index in [1.54, 1.807) is 40.0 Å². The van der Waals surface area contributed by atoms with Crippen molar-refractivity contribution in [2.45, 2.75) is 32.8 Å². The number of methoxy groups -OCH3 is 1. The summed E-state index contributed by atoms with van der Waals surface area (Å²) >= 11 is 0. The number of anilines is 1. The number of amides is 1. The molecule has 0 bridgehead atoms. The quantitative estimate of drug-likeness (QED) is 0.914. The van der Waals surface area contributed by atoms with E-state index >= 15 is 0 Å². The van der Waals surface area contributed by atoms with Gasteiger partial charge < -0.3 is 14.6 Å². The molecule has 0 radical (unpaired) electrons. The van der Waals surface area contributed by atoms with E-state index in [1.165, 1.54) is 12.0 Å². The predicted octanol–water partition coefficient (Wildman–Crippen LogP) is 2.00. The highest BCUT2D eigenvalue weighted by atomic mass is 16.6. The number of ether oxygens (including phenoxy) is 2. The number of rotatable bonds is 4. The van der Waals surface area contributed by atoms with Crippen LogP contribution in [0.15, 0.2) is 12.1 Å². The fourth-order valence-electron chi connectivity index (χ4n) is 1.55. The minimum atomic E-state index is -0.582. The largest absolute Gasteiger partial charge is 0.493 e. The number of carbonyl (C=O) groups excluding carboxylic acids is 1. The Kier molecular flexibility index (Phi) is 5.33. The van der Waals surface area contributed by atoms with Gasteiger partial charge in [0, 0.05) is 25.8 Å². The van der Waals surface area contributed by atoms with E-state index in [9.17, 15) is 4.79 Å². The SMILES string of the molecule is COc1ccc(CCO)nc1N(C)C(=O)OC(C)(C)C. The van der Waals surface area contributed by atoms with Gasteiger partial charge in [-0.1, -0.05) is 0 Å². The van der Waals surface area contributed by atoms with Gasteiger partial charge in [-0.3, -0.25) is 4.90 Å². The molecule has 1 heterocycles. The Morgan fingerprint density at radius 1 is 1.40 bits per heavy atom. The second-order valence-corrected chi connectivity index (χ2v) is 5.34. The molecule has 0 aliphatic carbocycles. The summed E-state index contributed by atoms with van der Waals surface area (Å²) < 4.78 is 10.5. The number of aliphatic hydroxyl groups excluding tert-OH is 1. The zero-order valence-corrected chi connectivity index (χ0v) is 12.6. The Balaban J connectivity index is 3.03. The van der Waals surface area contributed by atoms with Crippen molar-refractivity contribution in [3.05, 3.63) is 17.8 Å². The van der Waals surface area contributed by atoms with Gasteiger partial charge in [-0.25, -0.2) is 9.78 Å². The first kappa shape index (κ1) is 16.2. The second kappa shape index (κ2) is 6.56. The number of nitrogens with zero attached hydrogens (tertiary/aromatic N) is 2. The summed E-state index contributed by atoms with van der Waals surface area (Å²) in [5.41, 5.74) is 0.0973. The van der Waals surface area contributed by atoms with Crippen LogP contribution in [0.4, 0.5) is 10.6 Å². The van der Waals surface area contributed by atoms with Gasteiger partial charge in [0.2, 0.25) is 0 Å². The summed E-state index contributed by atoms with van der Waals surface area (Å²) in [4.78, 5) is 17.7. The normalized spacial score (nSPS) is 11.1. The lowest BCUT2D eigenvalue weighted by molar-refractivity contribution is 0.0587. The number of hydrogen-bond acceptors (Lipinski definition) is 5. The maximum absolute atomic E-state index is 12.1. The Bertz CT molecular complexity index is 469. The van der Waals surface area contributed by atoms with Gasteiger partial charge >= 0.3 is 6.09 Å². The Labute approximate surface area is 119 Å². The molecule has 6 heteroatoms. The Hall–Kier alpha value is -1.82. The molecule has 0 aromatic carbocycles. The number of aromatic nitrogens is 1. The van der Waals surface area contributed by atoms with E-state index in [0.29, 0.717) is 23.7 Å². The highest BCUT2D eigenvalue weighted by molar-refractivity contribution is 5.87. The number of aliphatic hydroxyl groups is 1. The molecule has 1 aromatic rings. The van der Waals surface area contributed by atoms with E-state index in [-0.39, 0.29) is 6.61 Å². The minimum absolute atomic E-state index is 0.00504. The number of carbonyl (C=O) groups is 1. The van der Waals surface area contributed by atoms with E-state index in [0.717, 1.165) is 0 Å². The molecule has 0 fully saturated rings. The lowest BCUT2D eigenvalue weighted by Gasteiger charge is -2.25. The third-order valence-electron chi connectivity index (χ3n) is 2.47. The molecular weight excluding hydrogens is 260 g/mol. The summed E-state index contributed by atoms with van der Waals surface area (Å²) in [5.74, 6) is 0.841. The molecule has 0 aliphatic heterocycles. The van der Waals surface area contributed by atoms with Gasteiger partial charge in [0.15, 0.2) is 11.6 Å². The van der Waals surface area contributed by atoms with Gasteiger partial charge in [-0.05, 0) is 32.9 Å². The number of pyridine rings is 1. The topological polar surface area (TPSA) is 71.9 Å². The first-order valence-corrected chi connectivity index (χ1v) is 6.40. The van der Waals surface area contributed by atoms with Crippen molar-refractivity contribution in [3.63, 3.8) is 0 Å². The summed E-state index contributed by atoms with van der Waals surface area (Å²) in [6, 6.07) is 3.47. The van der Waals surface area contributed by atoms with Crippen molar-refractivity contribution in [2.75, 3.05) is 25.7 Å².